The lowest BCUT2D eigenvalue weighted by molar-refractivity contribution is -0.123. The van der Waals surface area contributed by atoms with Crippen molar-refractivity contribution < 1.29 is 9.53 Å². The van der Waals surface area contributed by atoms with Crippen LogP contribution in [0.25, 0.3) is 0 Å². The summed E-state index contributed by atoms with van der Waals surface area (Å²) in [6.07, 6.45) is 0.899. The molecule has 0 saturated carbocycles. The second kappa shape index (κ2) is 9.01. The molecule has 2 atom stereocenters. The van der Waals surface area contributed by atoms with Crippen molar-refractivity contribution in [1.29, 1.82) is 0 Å². The van der Waals surface area contributed by atoms with Crippen molar-refractivity contribution in [3.05, 3.63) is 29.8 Å². The first kappa shape index (κ1) is 20.7. The van der Waals surface area contributed by atoms with Gasteiger partial charge in [0, 0.05) is 12.0 Å². The number of amides is 1. The number of hydrogen-bond donors (Lipinski definition) is 2. The Labute approximate surface area is 140 Å². The van der Waals surface area contributed by atoms with Crippen LogP contribution in [0.3, 0.4) is 0 Å². The molecule has 0 heterocycles. The fourth-order valence-electron chi connectivity index (χ4n) is 2.08. The summed E-state index contributed by atoms with van der Waals surface area (Å²) in [5.41, 5.74) is 6.95. The minimum atomic E-state index is -0.443. The summed E-state index contributed by atoms with van der Waals surface area (Å²) in [5, 5.41) is 2.97. The summed E-state index contributed by atoms with van der Waals surface area (Å²) in [5.74, 6) is 0.942. The molecule has 1 amide bonds. The van der Waals surface area contributed by atoms with E-state index in [9.17, 15) is 4.79 Å². The Morgan fingerprint density at radius 1 is 1.32 bits per heavy atom. The molecule has 0 saturated heterocycles. The van der Waals surface area contributed by atoms with Gasteiger partial charge >= 0.3 is 0 Å². The van der Waals surface area contributed by atoms with Crippen LogP contribution in [0.15, 0.2) is 24.3 Å². The van der Waals surface area contributed by atoms with Crippen LogP contribution in [0.4, 0.5) is 0 Å². The van der Waals surface area contributed by atoms with Crippen LogP contribution in [0.2, 0.25) is 0 Å². The van der Waals surface area contributed by atoms with Crippen molar-refractivity contribution in [1.82, 2.24) is 5.32 Å². The molecule has 0 aliphatic rings. The van der Waals surface area contributed by atoms with Crippen molar-refractivity contribution >= 4 is 18.3 Å². The van der Waals surface area contributed by atoms with Gasteiger partial charge in [-0.15, -0.1) is 12.4 Å². The molecule has 5 heteroatoms. The number of nitrogens with two attached hydrogens (primary N) is 1. The third kappa shape index (κ3) is 5.50. The number of hydrogen-bond acceptors (Lipinski definition) is 3. The fraction of sp³-hybridized carbons (Fsp3) is 0.588. The van der Waals surface area contributed by atoms with E-state index in [1.807, 2.05) is 38.1 Å². The highest BCUT2D eigenvalue weighted by Gasteiger charge is 2.24. The van der Waals surface area contributed by atoms with Gasteiger partial charge in [0.15, 0.2) is 0 Å². The molecule has 1 aromatic rings. The molecule has 2 unspecified atom stereocenters. The zero-order valence-corrected chi connectivity index (χ0v) is 15.0. The molecule has 0 bridgehead atoms. The van der Waals surface area contributed by atoms with Gasteiger partial charge in [0.05, 0.1) is 13.2 Å². The van der Waals surface area contributed by atoms with Gasteiger partial charge in [-0.25, -0.2) is 0 Å². The zero-order valence-electron chi connectivity index (χ0n) is 14.2. The molecule has 0 aromatic heterocycles. The first-order valence-electron chi connectivity index (χ1n) is 7.49. The zero-order chi connectivity index (χ0) is 16.0. The van der Waals surface area contributed by atoms with E-state index >= 15 is 0 Å². The third-order valence-electron chi connectivity index (χ3n) is 4.14. The number of carbonyl (C=O) groups is 1. The van der Waals surface area contributed by atoms with Gasteiger partial charge in [-0.1, -0.05) is 46.2 Å². The van der Waals surface area contributed by atoms with Gasteiger partial charge in [0.1, 0.15) is 5.75 Å². The summed E-state index contributed by atoms with van der Waals surface area (Å²) in [6.45, 7) is 8.80. The minimum absolute atomic E-state index is 0. The summed E-state index contributed by atoms with van der Waals surface area (Å²) in [7, 11) is 1.65. The van der Waals surface area contributed by atoms with Crippen molar-refractivity contribution in [2.75, 3.05) is 13.7 Å². The molecule has 0 fully saturated rings. The largest absolute Gasteiger partial charge is 0.497 e. The fourth-order valence-corrected chi connectivity index (χ4v) is 2.08. The van der Waals surface area contributed by atoms with Gasteiger partial charge in [-0.05, 0) is 23.6 Å². The van der Waals surface area contributed by atoms with Crippen LogP contribution in [0.1, 0.15) is 39.7 Å². The predicted molar refractivity (Wildman–Crippen MR) is 93.7 cm³/mol. The number of benzene rings is 1. The van der Waals surface area contributed by atoms with Crippen LogP contribution < -0.4 is 15.8 Å². The van der Waals surface area contributed by atoms with Gasteiger partial charge in [-0.3, -0.25) is 4.79 Å². The van der Waals surface area contributed by atoms with Crippen molar-refractivity contribution in [2.45, 2.75) is 45.6 Å². The van der Waals surface area contributed by atoms with Crippen LogP contribution in [0.5, 0.6) is 5.75 Å². The monoisotopic (exact) mass is 328 g/mol. The molecular formula is C17H29ClN2O2. The van der Waals surface area contributed by atoms with Gasteiger partial charge in [0.2, 0.25) is 5.91 Å². The van der Waals surface area contributed by atoms with Gasteiger partial charge in [0.25, 0.3) is 0 Å². The van der Waals surface area contributed by atoms with Crippen molar-refractivity contribution in [2.24, 2.45) is 11.7 Å². The van der Waals surface area contributed by atoms with Crippen LogP contribution in [-0.4, -0.2) is 25.6 Å². The molecule has 0 aliphatic heterocycles. The molecule has 126 valence electrons. The number of nitrogens with one attached hydrogen (secondary N) is 1. The second-order valence-corrected chi connectivity index (χ2v) is 6.24. The quantitative estimate of drug-likeness (QED) is 0.809. The van der Waals surface area contributed by atoms with E-state index < -0.39 is 6.04 Å². The highest BCUT2D eigenvalue weighted by molar-refractivity contribution is 5.85. The maximum atomic E-state index is 12.1. The second-order valence-electron chi connectivity index (χ2n) is 6.24. The van der Waals surface area contributed by atoms with E-state index in [1.165, 1.54) is 0 Å². The Morgan fingerprint density at radius 2 is 1.86 bits per heavy atom. The Balaban J connectivity index is 0.00000441. The maximum absolute atomic E-state index is 12.1. The highest BCUT2D eigenvalue weighted by atomic mass is 35.5. The van der Waals surface area contributed by atoms with Gasteiger partial charge < -0.3 is 15.8 Å². The average Bonchev–Trinajstić information content (AvgIpc) is 2.51. The number of carbonyl (C=O) groups excluding carboxylic acids is 1. The Morgan fingerprint density at radius 3 is 2.32 bits per heavy atom. The smallest absolute Gasteiger partial charge is 0.237 e. The third-order valence-corrected chi connectivity index (χ3v) is 4.14. The van der Waals surface area contributed by atoms with Crippen LogP contribution in [0, 0.1) is 5.92 Å². The normalized spacial score (nSPS) is 13.7. The highest BCUT2D eigenvalue weighted by Crippen LogP contribution is 2.24. The molecule has 0 radical (unpaired) electrons. The molecule has 22 heavy (non-hydrogen) atoms. The molecule has 0 aliphatic carbocycles. The Kier molecular flexibility index (Phi) is 8.49. The SMILES string of the molecule is CCC(C)C(N)C(=O)NCC(C)(C)c1ccc(OC)cc1.Cl. The summed E-state index contributed by atoms with van der Waals surface area (Å²) < 4.78 is 5.16. The lowest BCUT2D eigenvalue weighted by Crippen LogP contribution is -2.47. The van der Waals surface area contributed by atoms with E-state index in [0.29, 0.717) is 6.54 Å². The van der Waals surface area contributed by atoms with E-state index in [-0.39, 0.29) is 29.6 Å². The van der Waals surface area contributed by atoms with E-state index in [0.717, 1.165) is 17.7 Å². The topological polar surface area (TPSA) is 64.4 Å². The standard InChI is InChI=1S/C17H28N2O2.ClH/c1-6-12(2)15(18)16(20)19-11-17(3,4)13-7-9-14(21-5)10-8-13;/h7-10,12,15H,6,11,18H2,1-5H3,(H,19,20);1H. The Hall–Kier alpha value is -1.26. The molecule has 1 rings (SSSR count). The van der Waals surface area contributed by atoms with Crippen LogP contribution in [-0.2, 0) is 10.2 Å². The molecule has 4 nitrogen and oxygen atoms in total. The molecule has 3 N–H and O–H groups in total. The summed E-state index contributed by atoms with van der Waals surface area (Å²) in [6, 6.07) is 7.48. The van der Waals surface area contributed by atoms with E-state index in [4.69, 9.17) is 10.5 Å². The lowest BCUT2D eigenvalue weighted by Gasteiger charge is -2.27. The molecule has 0 spiro atoms. The lowest BCUT2D eigenvalue weighted by atomic mass is 9.84. The van der Waals surface area contributed by atoms with Crippen molar-refractivity contribution in [3.8, 4) is 5.75 Å². The van der Waals surface area contributed by atoms with Gasteiger partial charge in [-0.2, -0.15) is 0 Å². The number of halogens is 1. The average molecular weight is 329 g/mol. The first-order valence-corrected chi connectivity index (χ1v) is 7.49. The molecular weight excluding hydrogens is 300 g/mol. The number of methoxy groups -OCH3 is 1. The number of rotatable bonds is 7. The molecule has 1 aromatic carbocycles. The first-order chi connectivity index (χ1) is 9.81. The number of ether oxygens (including phenoxy) is 1. The predicted octanol–water partition coefficient (Wildman–Crippen LogP) is 2.88. The van der Waals surface area contributed by atoms with Crippen molar-refractivity contribution in [3.63, 3.8) is 0 Å². The minimum Gasteiger partial charge on any atom is -0.497 e. The van der Waals surface area contributed by atoms with Crippen LogP contribution >= 0.6 is 12.4 Å². The van der Waals surface area contributed by atoms with E-state index in [1.54, 1.807) is 7.11 Å². The summed E-state index contributed by atoms with van der Waals surface area (Å²) in [4.78, 5) is 12.1. The summed E-state index contributed by atoms with van der Waals surface area (Å²) >= 11 is 0. The Bertz CT molecular complexity index is 460. The maximum Gasteiger partial charge on any atom is 0.237 e. The van der Waals surface area contributed by atoms with E-state index in [2.05, 4.69) is 19.2 Å².